The molecule has 29 heavy (non-hydrogen) atoms. The molecule has 3 heterocycles. The summed E-state index contributed by atoms with van der Waals surface area (Å²) in [4.78, 5) is 11.6. The number of nitrogens with one attached hydrogen (secondary N) is 2. The Bertz CT molecular complexity index is 1120. The van der Waals surface area contributed by atoms with Crippen molar-refractivity contribution in [3.8, 4) is 5.88 Å². The Labute approximate surface area is 162 Å². The number of alkyl halides is 3. The number of nitrogens with zero attached hydrogens (tertiary/aromatic N) is 5. The van der Waals surface area contributed by atoms with Crippen LogP contribution in [0, 0.1) is 0 Å². The lowest BCUT2D eigenvalue weighted by Crippen LogP contribution is -2.18. The average molecular weight is 403 g/mol. The molecule has 0 aliphatic heterocycles. The number of hydrogen-bond acceptors (Lipinski definition) is 6. The lowest BCUT2D eigenvalue weighted by Gasteiger charge is -2.15. The number of anilines is 2. The number of aromatic nitrogens is 5. The summed E-state index contributed by atoms with van der Waals surface area (Å²) < 4.78 is 43.0. The molecular formula is C18H16F3N7O. The third-order valence-electron chi connectivity index (χ3n) is 4.22. The Morgan fingerprint density at radius 3 is 2.76 bits per heavy atom. The number of rotatable bonds is 6. The fraction of sp³-hybridized carbons (Fsp3) is 0.167. The first-order valence-electron chi connectivity index (χ1n) is 8.62. The first kappa shape index (κ1) is 18.6. The molecule has 3 N–H and O–H groups in total. The molecule has 1 aromatic carbocycles. The van der Waals surface area contributed by atoms with E-state index >= 15 is 0 Å². The second kappa shape index (κ2) is 7.34. The van der Waals surface area contributed by atoms with Crippen LogP contribution in [-0.4, -0.2) is 35.8 Å². The van der Waals surface area contributed by atoms with Crippen molar-refractivity contribution in [2.75, 3.05) is 17.3 Å². The second-order valence-electron chi connectivity index (χ2n) is 6.19. The van der Waals surface area contributed by atoms with Gasteiger partial charge in [0.25, 0.3) is 0 Å². The largest absolute Gasteiger partial charge is 0.493 e. The predicted molar refractivity (Wildman–Crippen MR) is 100 cm³/mol. The van der Waals surface area contributed by atoms with Crippen molar-refractivity contribution >= 4 is 22.7 Å². The van der Waals surface area contributed by atoms with Crippen molar-refractivity contribution in [2.24, 2.45) is 0 Å². The van der Waals surface area contributed by atoms with Crippen molar-refractivity contribution in [3.05, 3.63) is 60.8 Å². The highest BCUT2D eigenvalue weighted by Gasteiger charge is 2.35. The molecule has 3 aromatic heterocycles. The standard InChI is InChI=1S/C18H16F3N7O/c19-18(20,21)13-10-24-17(25-16(13)23-6-8-27-7-5-22-11-27)26-28-14-4-2-1-3-12(14)9-15(28)29/h1-5,7,9-11,29H,6,8H2,(H2,23,24,25,26). The third-order valence-corrected chi connectivity index (χ3v) is 4.22. The molecule has 0 aliphatic rings. The SMILES string of the molecule is Oc1cc2ccccc2n1Nc1ncc(C(F)(F)F)c(NCCn2ccnc2)n1. The van der Waals surface area contributed by atoms with Crippen molar-refractivity contribution < 1.29 is 18.3 Å². The second-order valence-corrected chi connectivity index (χ2v) is 6.19. The molecule has 4 rings (SSSR count). The van der Waals surface area contributed by atoms with Gasteiger partial charge in [0, 0.05) is 43.1 Å². The molecule has 0 bridgehead atoms. The summed E-state index contributed by atoms with van der Waals surface area (Å²) in [6.45, 7) is 0.612. The number of benzene rings is 1. The van der Waals surface area contributed by atoms with Gasteiger partial charge in [-0.2, -0.15) is 18.2 Å². The highest BCUT2D eigenvalue weighted by atomic mass is 19.4. The van der Waals surface area contributed by atoms with Crippen LogP contribution in [0.5, 0.6) is 5.88 Å². The minimum atomic E-state index is -4.61. The van der Waals surface area contributed by atoms with Crippen LogP contribution in [0.2, 0.25) is 0 Å². The number of halogens is 3. The van der Waals surface area contributed by atoms with Gasteiger partial charge in [-0.25, -0.2) is 14.6 Å². The molecule has 0 spiro atoms. The molecule has 0 aliphatic carbocycles. The summed E-state index contributed by atoms with van der Waals surface area (Å²) in [6, 6.07) is 8.65. The van der Waals surface area contributed by atoms with E-state index in [1.165, 1.54) is 10.7 Å². The van der Waals surface area contributed by atoms with E-state index in [0.29, 0.717) is 18.3 Å². The smallest absolute Gasteiger partial charge is 0.421 e. The molecule has 150 valence electrons. The van der Waals surface area contributed by atoms with Crippen molar-refractivity contribution in [1.29, 1.82) is 0 Å². The van der Waals surface area contributed by atoms with E-state index in [1.54, 1.807) is 41.5 Å². The number of fused-ring (bicyclic) bond motifs is 1. The summed E-state index contributed by atoms with van der Waals surface area (Å²) >= 11 is 0. The zero-order valence-corrected chi connectivity index (χ0v) is 14.9. The zero-order chi connectivity index (χ0) is 20.4. The highest BCUT2D eigenvalue weighted by molar-refractivity contribution is 5.82. The Morgan fingerprint density at radius 2 is 2.00 bits per heavy atom. The lowest BCUT2D eigenvalue weighted by atomic mass is 10.2. The molecule has 4 aromatic rings. The van der Waals surface area contributed by atoms with Crippen LogP contribution in [0.4, 0.5) is 24.9 Å². The van der Waals surface area contributed by atoms with Gasteiger partial charge in [-0.05, 0) is 6.07 Å². The van der Waals surface area contributed by atoms with Crippen LogP contribution < -0.4 is 10.7 Å². The third kappa shape index (κ3) is 3.93. The maximum absolute atomic E-state index is 13.3. The average Bonchev–Trinajstić information content (AvgIpc) is 3.29. The van der Waals surface area contributed by atoms with Crippen molar-refractivity contribution in [1.82, 2.24) is 24.2 Å². The van der Waals surface area contributed by atoms with Crippen LogP contribution in [-0.2, 0) is 12.7 Å². The molecule has 8 nitrogen and oxygen atoms in total. The lowest BCUT2D eigenvalue weighted by molar-refractivity contribution is -0.137. The number of hydrogen-bond donors (Lipinski definition) is 3. The van der Waals surface area contributed by atoms with Crippen LogP contribution in [0.15, 0.2) is 55.2 Å². The van der Waals surface area contributed by atoms with Gasteiger partial charge >= 0.3 is 6.18 Å². The van der Waals surface area contributed by atoms with E-state index in [9.17, 15) is 18.3 Å². The topological polar surface area (TPSA) is 92.8 Å². The van der Waals surface area contributed by atoms with E-state index in [0.717, 1.165) is 5.39 Å². The molecular weight excluding hydrogens is 387 g/mol. The van der Waals surface area contributed by atoms with Gasteiger partial charge in [-0.3, -0.25) is 5.43 Å². The fourth-order valence-electron chi connectivity index (χ4n) is 2.86. The minimum absolute atomic E-state index is 0.0974. The van der Waals surface area contributed by atoms with Crippen LogP contribution in [0.1, 0.15) is 5.56 Å². The summed E-state index contributed by atoms with van der Waals surface area (Å²) in [5.41, 5.74) is 2.39. The van der Waals surface area contributed by atoms with E-state index in [1.807, 2.05) is 6.07 Å². The van der Waals surface area contributed by atoms with Crippen LogP contribution >= 0.6 is 0 Å². The number of para-hydroxylation sites is 1. The molecule has 0 unspecified atom stereocenters. The van der Waals surface area contributed by atoms with E-state index in [2.05, 4.69) is 25.7 Å². The van der Waals surface area contributed by atoms with E-state index in [4.69, 9.17) is 0 Å². The summed E-state index contributed by atoms with van der Waals surface area (Å²) in [7, 11) is 0. The first-order chi connectivity index (χ1) is 13.9. The van der Waals surface area contributed by atoms with Crippen LogP contribution in [0.25, 0.3) is 10.9 Å². The zero-order valence-electron chi connectivity index (χ0n) is 14.9. The Morgan fingerprint density at radius 1 is 1.17 bits per heavy atom. The number of imidazole rings is 1. The molecule has 0 saturated carbocycles. The van der Waals surface area contributed by atoms with Gasteiger partial charge in [-0.15, -0.1) is 0 Å². The summed E-state index contributed by atoms with van der Waals surface area (Å²) in [5.74, 6) is -0.574. The Balaban J connectivity index is 1.61. The molecule has 11 heteroatoms. The molecule has 0 saturated heterocycles. The van der Waals surface area contributed by atoms with Gasteiger partial charge in [0.15, 0.2) is 0 Å². The monoisotopic (exact) mass is 403 g/mol. The summed E-state index contributed by atoms with van der Waals surface area (Å²) in [6.07, 6.45) is 0.954. The maximum atomic E-state index is 13.3. The Kier molecular flexibility index (Phi) is 4.71. The van der Waals surface area contributed by atoms with E-state index in [-0.39, 0.29) is 24.2 Å². The normalized spacial score (nSPS) is 11.7. The number of aromatic hydroxyl groups is 1. The Hall–Kier alpha value is -3.76. The quantitative estimate of drug-likeness (QED) is 0.457. The van der Waals surface area contributed by atoms with Crippen molar-refractivity contribution in [2.45, 2.75) is 12.7 Å². The first-order valence-corrected chi connectivity index (χ1v) is 8.62. The molecule has 0 fully saturated rings. The van der Waals surface area contributed by atoms with E-state index < -0.39 is 11.7 Å². The van der Waals surface area contributed by atoms with Gasteiger partial charge < -0.3 is 15.0 Å². The predicted octanol–water partition coefficient (Wildman–Crippen LogP) is 3.34. The fourth-order valence-corrected chi connectivity index (χ4v) is 2.86. The maximum Gasteiger partial charge on any atom is 0.421 e. The molecule has 0 atom stereocenters. The van der Waals surface area contributed by atoms with Gasteiger partial charge in [-0.1, -0.05) is 18.2 Å². The highest BCUT2D eigenvalue weighted by Crippen LogP contribution is 2.34. The molecule has 0 radical (unpaired) electrons. The molecule has 0 amide bonds. The van der Waals surface area contributed by atoms with Crippen molar-refractivity contribution in [3.63, 3.8) is 0 Å². The summed E-state index contributed by atoms with van der Waals surface area (Å²) in [5, 5.41) is 13.6. The van der Waals surface area contributed by atoms with Gasteiger partial charge in [0.05, 0.1) is 11.8 Å². The minimum Gasteiger partial charge on any atom is -0.493 e. The van der Waals surface area contributed by atoms with Crippen LogP contribution in [0.3, 0.4) is 0 Å². The van der Waals surface area contributed by atoms with Gasteiger partial charge in [0.2, 0.25) is 11.8 Å². The van der Waals surface area contributed by atoms with Gasteiger partial charge in [0.1, 0.15) is 11.4 Å².